The van der Waals surface area contributed by atoms with Crippen molar-refractivity contribution in [2.45, 2.75) is 41.0 Å². The molecule has 0 heterocycles. The summed E-state index contributed by atoms with van der Waals surface area (Å²) in [6.45, 7) is 18.0. The summed E-state index contributed by atoms with van der Waals surface area (Å²) in [6, 6.07) is 0. The molecule has 0 aromatic heterocycles. The van der Waals surface area contributed by atoms with Crippen LogP contribution in [0.3, 0.4) is 0 Å². The second-order valence-corrected chi connectivity index (χ2v) is 4.39. The summed E-state index contributed by atoms with van der Waals surface area (Å²) in [4.78, 5) is 0. The average molecular weight is 168 g/mol. The quantitative estimate of drug-likeness (QED) is 0.535. The van der Waals surface area contributed by atoms with Crippen LogP contribution in [0.5, 0.6) is 0 Å². The minimum Gasteiger partial charge on any atom is -0.103 e. The van der Waals surface area contributed by atoms with Gasteiger partial charge in [0.25, 0.3) is 0 Å². The van der Waals surface area contributed by atoms with Crippen molar-refractivity contribution in [2.24, 2.45) is 11.3 Å². The lowest BCUT2D eigenvalue weighted by molar-refractivity contribution is 0.337. The Morgan fingerprint density at radius 2 is 1.58 bits per heavy atom. The average Bonchev–Trinajstić information content (AvgIpc) is 1.86. The zero-order valence-electron chi connectivity index (χ0n) is 9.35. The molecule has 0 saturated carbocycles. The first-order chi connectivity index (χ1) is 5.37. The van der Waals surface area contributed by atoms with E-state index in [4.69, 9.17) is 0 Å². The van der Waals surface area contributed by atoms with Crippen molar-refractivity contribution in [1.82, 2.24) is 0 Å². The van der Waals surface area contributed by atoms with Crippen LogP contribution in [0.15, 0.2) is 25.3 Å². The molecule has 0 spiro atoms. The van der Waals surface area contributed by atoms with Gasteiger partial charge in [-0.2, -0.15) is 0 Å². The molecule has 0 fully saturated rings. The molecule has 1 unspecified atom stereocenters. The van der Waals surface area contributed by atoms with Gasteiger partial charge in [0.05, 0.1) is 0 Å². The molecule has 0 nitrogen and oxygen atoms in total. The highest BCUT2D eigenvalue weighted by Gasteiger charge is 2.12. The fraction of sp³-hybridized carbons (Fsp3) is 0.667. The van der Waals surface area contributed by atoms with E-state index in [9.17, 15) is 0 Å². The Kier molecular flexibility index (Phi) is 8.36. The largest absolute Gasteiger partial charge is 0.103 e. The Morgan fingerprint density at radius 1 is 1.25 bits per heavy atom. The molecule has 0 saturated heterocycles. The van der Waals surface area contributed by atoms with Gasteiger partial charge in [-0.3, -0.25) is 0 Å². The van der Waals surface area contributed by atoms with Crippen LogP contribution in [0.4, 0.5) is 0 Å². The van der Waals surface area contributed by atoms with Crippen LogP contribution in [-0.4, -0.2) is 0 Å². The highest BCUT2D eigenvalue weighted by atomic mass is 14.2. The van der Waals surface area contributed by atoms with Gasteiger partial charge in [-0.25, -0.2) is 0 Å². The van der Waals surface area contributed by atoms with E-state index in [1.807, 2.05) is 13.0 Å². The van der Waals surface area contributed by atoms with Crippen LogP contribution in [0.25, 0.3) is 0 Å². The second-order valence-electron chi connectivity index (χ2n) is 4.39. The van der Waals surface area contributed by atoms with Crippen molar-refractivity contribution >= 4 is 0 Å². The molecule has 0 aromatic carbocycles. The van der Waals surface area contributed by atoms with Crippen LogP contribution in [0, 0.1) is 11.3 Å². The van der Waals surface area contributed by atoms with Crippen molar-refractivity contribution in [1.29, 1.82) is 0 Å². The maximum Gasteiger partial charge on any atom is -0.0260 e. The molecule has 0 aliphatic heterocycles. The highest BCUT2D eigenvalue weighted by molar-refractivity contribution is 4.79. The van der Waals surface area contributed by atoms with Crippen molar-refractivity contribution in [3.63, 3.8) is 0 Å². The van der Waals surface area contributed by atoms with Gasteiger partial charge in [0.1, 0.15) is 0 Å². The predicted octanol–water partition coefficient (Wildman–Crippen LogP) is 4.44. The molecule has 72 valence electrons. The van der Waals surface area contributed by atoms with Crippen LogP contribution in [-0.2, 0) is 0 Å². The van der Waals surface area contributed by atoms with Crippen molar-refractivity contribution < 1.29 is 0 Å². The SMILES string of the molecule is C=CC.C=CC(C)CC(C)(C)C. The molecule has 12 heavy (non-hydrogen) atoms. The van der Waals surface area contributed by atoms with E-state index in [1.165, 1.54) is 6.42 Å². The van der Waals surface area contributed by atoms with E-state index in [0.717, 1.165) is 0 Å². The van der Waals surface area contributed by atoms with Crippen LogP contribution < -0.4 is 0 Å². The standard InChI is InChI=1S/C9H18.C3H6/c1-6-8(2)7-9(3,4)5;1-3-2/h6,8H,1,7H2,2-5H3;3H,1H2,2H3. The smallest absolute Gasteiger partial charge is 0.0260 e. The number of hydrogen-bond acceptors (Lipinski definition) is 0. The number of rotatable bonds is 2. The summed E-state index contributed by atoms with van der Waals surface area (Å²) >= 11 is 0. The lowest BCUT2D eigenvalue weighted by Gasteiger charge is -2.20. The van der Waals surface area contributed by atoms with Crippen molar-refractivity contribution in [3.05, 3.63) is 25.3 Å². The Hall–Kier alpha value is -0.520. The van der Waals surface area contributed by atoms with Gasteiger partial charge in [0.15, 0.2) is 0 Å². The van der Waals surface area contributed by atoms with E-state index in [-0.39, 0.29) is 0 Å². The summed E-state index contributed by atoms with van der Waals surface area (Å²) in [7, 11) is 0. The minimum atomic E-state index is 0.452. The topological polar surface area (TPSA) is 0 Å². The molecule has 1 atom stereocenters. The van der Waals surface area contributed by atoms with E-state index in [0.29, 0.717) is 11.3 Å². The second kappa shape index (κ2) is 7.15. The molecule has 0 heteroatoms. The molecule has 0 bridgehead atoms. The molecule has 0 N–H and O–H groups in total. The third-order valence-electron chi connectivity index (χ3n) is 1.34. The third kappa shape index (κ3) is 16.2. The van der Waals surface area contributed by atoms with Gasteiger partial charge in [-0.15, -0.1) is 13.2 Å². The maximum atomic E-state index is 3.74. The normalized spacial score (nSPS) is 12.4. The fourth-order valence-electron chi connectivity index (χ4n) is 1.05. The zero-order chi connectivity index (χ0) is 10.2. The Bertz CT molecular complexity index is 114. The van der Waals surface area contributed by atoms with Gasteiger partial charge >= 0.3 is 0 Å². The summed E-state index contributed by atoms with van der Waals surface area (Å²) in [5.74, 6) is 0.657. The van der Waals surface area contributed by atoms with Gasteiger partial charge in [-0.05, 0) is 24.7 Å². The number of allylic oxidation sites excluding steroid dienone is 2. The molecule has 0 aliphatic carbocycles. The molecular weight excluding hydrogens is 144 g/mol. The monoisotopic (exact) mass is 168 g/mol. The predicted molar refractivity (Wildman–Crippen MR) is 59.3 cm³/mol. The molecule has 0 aromatic rings. The van der Waals surface area contributed by atoms with E-state index in [1.54, 1.807) is 6.08 Å². The summed E-state index contributed by atoms with van der Waals surface area (Å²) < 4.78 is 0. The summed E-state index contributed by atoms with van der Waals surface area (Å²) in [6.07, 6.45) is 5.00. The van der Waals surface area contributed by atoms with E-state index >= 15 is 0 Å². The highest BCUT2D eigenvalue weighted by Crippen LogP contribution is 2.24. The first kappa shape index (κ1) is 14.0. The minimum absolute atomic E-state index is 0.452. The van der Waals surface area contributed by atoms with Crippen molar-refractivity contribution in [3.8, 4) is 0 Å². The Labute approximate surface area is 78.4 Å². The lowest BCUT2D eigenvalue weighted by Crippen LogP contribution is -2.08. The zero-order valence-corrected chi connectivity index (χ0v) is 9.35. The van der Waals surface area contributed by atoms with Crippen LogP contribution in [0.1, 0.15) is 41.0 Å². The van der Waals surface area contributed by atoms with E-state index < -0.39 is 0 Å². The lowest BCUT2D eigenvalue weighted by atomic mass is 9.86. The maximum absolute atomic E-state index is 3.74. The van der Waals surface area contributed by atoms with Gasteiger partial charge in [0.2, 0.25) is 0 Å². The first-order valence-corrected chi connectivity index (χ1v) is 4.57. The molecule has 0 radical (unpaired) electrons. The van der Waals surface area contributed by atoms with Gasteiger partial charge < -0.3 is 0 Å². The summed E-state index contributed by atoms with van der Waals surface area (Å²) in [5, 5.41) is 0. The Balaban J connectivity index is 0. The molecule has 0 aliphatic rings. The van der Waals surface area contributed by atoms with Gasteiger partial charge in [0, 0.05) is 0 Å². The van der Waals surface area contributed by atoms with Crippen molar-refractivity contribution in [2.75, 3.05) is 0 Å². The van der Waals surface area contributed by atoms with Gasteiger partial charge in [-0.1, -0.05) is 39.8 Å². The third-order valence-corrected chi connectivity index (χ3v) is 1.34. The van der Waals surface area contributed by atoms with Crippen LogP contribution in [0.2, 0.25) is 0 Å². The van der Waals surface area contributed by atoms with E-state index in [2.05, 4.69) is 40.9 Å². The van der Waals surface area contributed by atoms with Crippen LogP contribution >= 0.6 is 0 Å². The fourth-order valence-corrected chi connectivity index (χ4v) is 1.05. The number of hydrogen-bond donors (Lipinski definition) is 0. The molecular formula is C12H24. The first-order valence-electron chi connectivity index (χ1n) is 4.57. The Morgan fingerprint density at radius 3 is 1.67 bits per heavy atom. The molecule has 0 amide bonds. The molecule has 0 rings (SSSR count). The summed E-state index contributed by atoms with van der Waals surface area (Å²) in [5.41, 5.74) is 0.452.